The highest BCUT2D eigenvalue weighted by molar-refractivity contribution is 7.92. The van der Waals surface area contributed by atoms with Crippen LogP contribution in [-0.2, 0) is 16.6 Å². The Kier molecular flexibility index (Phi) is 5.54. The van der Waals surface area contributed by atoms with Gasteiger partial charge >= 0.3 is 0 Å². The number of rotatable bonds is 7. The molecular weight excluding hydrogens is 298 g/mol. The molecule has 0 spiro atoms. The van der Waals surface area contributed by atoms with Crippen molar-refractivity contribution in [3.8, 4) is 0 Å². The van der Waals surface area contributed by atoms with Crippen molar-refractivity contribution in [3.63, 3.8) is 0 Å². The van der Waals surface area contributed by atoms with Gasteiger partial charge in [-0.25, -0.2) is 8.42 Å². The zero-order chi connectivity index (χ0) is 16.0. The minimum Gasteiger partial charge on any atom is -0.329 e. The molecule has 0 aliphatic rings. The summed E-state index contributed by atoms with van der Waals surface area (Å²) in [5.41, 5.74) is 7.12. The SMILES string of the molecule is CN(CCN)Cc1cccc(NS(=O)(=O)c2ccccc2)c1. The number of nitrogens with zero attached hydrogens (tertiary/aromatic N) is 1. The third kappa shape index (κ3) is 4.56. The van der Waals surface area contributed by atoms with Crippen molar-refractivity contribution in [1.29, 1.82) is 0 Å². The molecular formula is C16H21N3O2S. The first-order valence-corrected chi connectivity index (χ1v) is 8.55. The second kappa shape index (κ2) is 7.40. The summed E-state index contributed by atoms with van der Waals surface area (Å²) in [5, 5.41) is 0. The molecule has 0 amide bonds. The van der Waals surface area contributed by atoms with Crippen LogP contribution in [0.25, 0.3) is 0 Å². The maximum atomic E-state index is 12.3. The number of nitrogens with one attached hydrogen (secondary N) is 1. The Morgan fingerprint density at radius 3 is 2.50 bits per heavy atom. The first-order valence-electron chi connectivity index (χ1n) is 7.07. The Hall–Kier alpha value is -1.89. The van der Waals surface area contributed by atoms with Crippen LogP contribution in [-0.4, -0.2) is 33.5 Å². The van der Waals surface area contributed by atoms with E-state index in [0.717, 1.165) is 18.7 Å². The fourth-order valence-electron chi connectivity index (χ4n) is 2.16. The molecule has 2 rings (SSSR count). The molecule has 0 heterocycles. The van der Waals surface area contributed by atoms with Gasteiger partial charge in [-0.15, -0.1) is 0 Å². The highest BCUT2D eigenvalue weighted by Gasteiger charge is 2.13. The number of benzene rings is 2. The Labute approximate surface area is 131 Å². The number of hydrogen-bond donors (Lipinski definition) is 2. The summed E-state index contributed by atoms with van der Waals surface area (Å²) in [7, 11) is -1.57. The van der Waals surface area contributed by atoms with Gasteiger partial charge < -0.3 is 10.6 Å². The molecule has 6 heteroatoms. The van der Waals surface area contributed by atoms with E-state index >= 15 is 0 Å². The highest BCUT2D eigenvalue weighted by Crippen LogP contribution is 2.17. The van der Waals surface area contributed by atoms with Crippen molar-refractivity contribution in [1.82, 2.24) is 4.90 Å². The van der Waals surface area contributed by atoms with Crippen molar-refractivity contribution >= 4 is 15.7 Å². The van der Waals surface area contributed by atoms with E-state index < -0.39 is 10.0 Å². The smallest absolute Gasteiger partial charge is 0.261 e. The van der Waals surface area contributed by atoms with Crippen LogP contribution in [0.15, 0.2) is 59.5 Å². The lowest BCUT2D eigenvalue weighted by Gasteiger charge is -2.16. The van der Waals surface area contributed by atoms with Gasteiger partial charge in [0, 0.05) is 25.3 Å². The van der Waals surface area contributed by atoms with E-state index in [1.165, 1.54) is 0 Å². The van der Waals surface area contributed by atoms with Gasteiger partial charge in [-0.05, 0) is 36.9 Å². The van der Waals surface area contributed by atoms with Gasteiger partial charge in [0.05, 0.1) is 4.90 Å². The normalized spacial score (nSPS) is 11.6. The van der Waals surface area contributed by atoms with Gasteiger partial charge in [-0.1, -0.05) is 30.3 Å². The molecule has 2 aromatic carbocycles. The van der Waals surface area contributed by atoms with Crippen LogP contribution in [0.3, 0.4) is 0 Å². The zero-order valence-corrected chi connectivity index (χ0v) is 13.4. The lowest BCUT2D eigenvalue weighted by molar-refractivity contribution is 0.336. The molecule has 118 valence electrons. The lowest BCUT2D eigenvalue weighted by Crippen LogP contribution is -2.25. The standard InChI is InChI=1S/C16H21N3O2S/c1-19(11-10-17)13-14-6-5-7-15(12-14)18-22(20,21)16-8-3-2-4-9-16/h2-9,12,18H,10-11,13,17H2,1H3. The largest absolute Gasteiger partial charge is 0.329 e. The van der Waals surface area contributed by atoms with Gasteiger partial charge in [-0.2, -0.15) is 0 Å². The van der Waals surface area contributed by atoms with Crippen LogP contribution >= 0.6 is 0 Å². The molecule has 0 bridgehead atoms. The van der Waals surface area contributed by atoms with E-state index in [2.05, 4.69) is 9.62 Å². The number of hydrogen-bond acceptors (Lipinski definition) is 4. The molecule has 5 nitrogen and oxygen atoms in total. The topological polar surface area (TPSA) is 75.4 Å². The lowest BCUT2D eigenvalue weighted by atomic mass is 10.2. The Morgan fingerprint density at radius 1 is 1.09 bits per heavy atom. The molecule has 0 atom stereocenters. The highest BCUT2D eigenvalue weighted by atomic mass is 32.2. The van der Waals surface area contributed by atoms with Crippen molar-refractivity contribution < 1.29 is 8.42 Å². The Morgan fingerprint density at radius 2 is 1.82 bits per heavy atom. The van der Waals surface area contributed by atoms with Crippen LogP contribution in [0.1, 0.15) is 5.56 Å². The van der Waals surface area contributed by atoms with Gasteiger partial charge in [0.25, 0.3) is 10.0 Å². The van der Waals surface area contributed by atoms with Crippen LogP contribution in [0.2, 0.25) is 0 Å². The molecule has 0 aliphatic carbocycles. The summed E-state index contributed by atoms with van der Waals surface area (Å²) in [6.07, 6.45) is 0. The maximum absolute atomic E-state index is 12.3. The van der Waals surface area contributed by atoms with Crippen molar-refractivity contribution in [2.45, 2.75) is 11.4 Å². The molecule has 22 heavy (non-hydrogen) atoms. The number of likely N-dealkylation sites (N-methyl/N-ethyl adjacent to an activating group) is 1. The molecule has 0 fully saturated rings. The van der Waals surface area contributed by atoms with E-state index in [1.54, 1.807) is 36.4 Å². The molecule has 0 radical (unpaired) electrons. The number of sulfonamides is 1. The molecule has 0 aromatic heterocycles. The third-order valence-corrected chi connectivity index (χ3v) is 4.59. The molecule has 2 aromatic rings. The number of anilines is 1. The number of nitrogens with two attached hydrogens (primary N) is 1. The molecule has 3 N–H and O–H groups in total. The van der Waals surface area contributed by atoms with Gasteiger partial charge in [0.1, 0.15) is 0 Å². The second-order valence-corrected chi connectivity index (χ2v) is 6.83. The van der Waals surface area contributed by atoms with E-state index in [-0.39, 0.29) is 4.90 Å². The van der Waals surface area contributed by atoms with E-state index in [4.69, 9.17) is 5.73 Å². The predicted molar refractivity (Wildman–Crippen MR) is 89.1 cm³/mol. The fraction of sp³-hybridized carbons (Fsp3) is 0.250. The predicted octanol–water partition coefficient (Wildman–Crippen LogP) is 1.88. The van der Waals surface area contributed by atoms with Crippen LogP contribution < -0.4 is 10.5 Å². The average Bonchev–Trinajstić information content (AvgIpc) is 2.48. The molecule has 0 saturated heterocycles. The summed E-state index contributed by atoms with van der Waals surface area (Å²) >= 11 is 0. The van der Waals surface area contributed by atoms with Gasteiger partial charge in [-0.3, -0.25) is 4.72 Å². The van der Waals surface area contributed by atoms with Crippen LogP contribution in [0.5, 0.6) is 0 Å². The van der Waals surface area contributed by atoms with Gasteiger partial charge in [0.2, 0.25) is 0 Å². The zero-order valence-electron chi connectivity index (χ0n) is 12.6. The molecule has 0 aliphatic heterocycles. The quantitative estimate of drug-likeness (QED) is 0.817. The van der Waals surface area contributed by atoms with Crippen molar-refractivity contribution in [3.05, 3.63) is 60.2 Å². The van der Waals surface area contributed by atoms with Crippen LogP contribution in [0.4, 0.5) is 5.69 Å². The summed E-state index contributed by atoms with van der Waals surface area (Å²) in [6.45, 7) is 2.11. The summed E-state index contributed by atoms with van der Waals surface area (Å²) in [5.74, 6) is 0. The average molecular weight is 319 g/mol. The minimum absolute atomic E-state index is 0.251. The fourth-order valence-corrected chi connectivity index (χ4v) is 3.23. The summed E-state index contributed by atoms with van der Waals surface area (Å²) in [4.78, 5) is 2.34. The van der Waals surface area contributed by atoms with Crippen LogP contribution in [0, 0.1) is 0 Å². The Balaban J connectivity index is 2.13. The van der Waals surface area contributed by atoms with Crippen molar-refractivity contribution in [2.75, 3.05) is 24.9 Å². The minimum atomic E-state index is -3.55. The van der Waals surface area contributed by atoms with Crippen molar-refractivity contribution in [2.24, 2.45) is 5.73 Å². The monoisotopic (exact) mass is 319 g/mol. The third-order valence-electron chi connectivity index (χ3n) is 3.20. The molecule has 0 unspecified atom stereocenters. The second-order valence-electron chi connectivity index (χ2n) is 5.15. The molecule has 0 saturated carbocycles. The van der Waals surface area contributed by atoms with E-state index in [0.29, 0.717) is 12.2 Å². The summed E-state index contributed by atoms with van der Waals surface area (Å²) in [6, 6.07) is 15.7. The first-order chi connectivity index (χ1) is 10.5. The van der Waals surface area contributed by atoms with Gasteiger partial charge in [0.15, 0.2) is 0 Å². The van der Waals surface area contributed by atoms with E-state index in [9.17, 15) is 8.42 Å². The Bertz CT molecular complexity index is 702. The maximum Gasteiger partial charge on any atom is 0.261 e. The summed E-state index contributed by atoms with van der Waals surface area (Å²) < 4.78 is 27.2. The van der Waals surface area contributed by atoms with E-state index in [1.807, 2.05) is 25.2 Å². The first kappa shape index (κ1) is 16.5.